The van der Waals surface area contributed by atoms with Gasteiger partial charge in [-0.2, -0.15) is 0 Å². The Hall–Kier alpha value is -5.19. The first-order chi connectivity index (χ1) is 25.2. The van der Waals surface area contributed by atoms with Gasteiger partial charge in [-0.3, -0.25) is 9.59 Å². The van der Waals surface area contributed by atoms with E-state index >= 15 is 0 Å². The lowest BCUT2D eigenvalue weighted by Crippen LogP contribution is -2.48. The fourth-order valence-electron chi connectivity index (χ4n) is 9.66. The van der Waals surface area contributed by atoms with Crippen LogP contribution in [0.4, 0.5) is 4.79 Å². The van der Waals surface area contributed by atoms with Crippen molar-refractivity contribution in [3.05, 3.63) is 72.4 Å². The molecule has 2 bridgehead atoms. The van der Waals surface area contributed by atoms with Crippen molar-refractivity contribution < 1.29 is 19.1 Å². The van der Waals surface area contributed by atoms with Crippen molar-refractivity contribution in [2.24, 2.45) is 17.8 Å². The molecular weight excluding hydrogens is 654 g/mol. The Morgan fingerprint density at radius 3 is 2.54 bits per heavy atom. The maximum Gasteiger partial charge on any atom is 0.407 e. The Bertz CT molecular complexity index is 2210. The zero-order valence-electron chi connectivity index (χ0n) is 30.1. The van der Waals surface area contributed by atoms with Crippen molar-refractivity contribution >= 4 is 39.7 Å². The summed E-state index contributed by atoms with van der Waals surface area (Å²) in [5, 5.41) is 4.77. The van der Waals surface area contributed by atoms with Gasteiger partial charge in [-0.25, -0.2) is 14.8 Å². The number of likely N-dealkylation sites (tertiary alicyclic amines) is 2. The third-order valence-electron chi connectivity index (χ3n) is 12.4. The average molecular weight is 700 g/mol. The monoisotopic (exact) mass is 699 g/mol. The van der Waals surface area contributed by atoms with E-state index in [0.717, 1.165) is 87.9 Å². The van der Waals surface area contributed by atoms with Gasteiger partial charge >= 0.3 is 6.09 Å². The number of imidazole rings is 2. The van der Waals surface area contributed by atoms with Crippen molar-refractivity contribution in [2.45, 2.75) is 89.5 Å². The number of carbonyl (C=O) groups excluding carboxylic acids is 3. The molecule has 3 N–H and O–H groups in total. The van der Waals surface area contributed by atoms with Gasteiger partial charge in [0.1, 0.15) is 17.7 Å². The zero-order valence-corrected chi connectivity index (χ0v) is 30.1. The molecule has 0 unspecified atom stereocenters. The van der Waals surface area contributed by atoms with Crippen LogP contribution in [-0.4, -0.2) is 72.9 Å². The summed E-state index contributed by atoms with van der Waals surface area (Å²) in [6.07, 6.45) is 6.94. The van der Waals surface area contributed by atoms with E-state index < -0.39 is 12.1 Å². The first-order valence-electron chi connectivity index (χ1n) is 18.8. The number of carbonyl (C=O) groups is 3. The second kappa shape index (κ2) is 12.5. The van der Waals surface area contributed by atoms with Crippen LogP contribution >= 0.6 is 0 Å². The number of hydrogen-bond acceptors (Lipinski definition) is 6. The minimum Gasteiger partial charge on any atom is -0.453 e. The number of fused-ring (bicyclic) bond motifs is 6. The van der Waals surface area contributed by atoms with Gasteiger partial charge in [0, 0.05) is 23.9 Å². The predicted octanol–water partition coefficient (Wildman–Crippen LogP) is 7.28. The fourth-order valence-corrected chi connectivity index (χ4v) is 9.66. The lowest BCUT2D eigenvalue weighted by molar-refractivity contribution is -0.136. The highest BCUT2D eigenvalue weighted by atomic mass is 16.5. The summed E-state index contributed by atoms with van der Waals surface area (Å²) in [4.78, 5) is 59.5. The minimum atomic E-state index is -0.698. The molecule has 4 heterocycles. The summed E-state index contributed by atoms with van der Waals surface area (Å²) in [6.45, 7) is 5.95. The third-order valence-corrected chi connectivity index (χ3v) is 12.4. The van der Waals surface area contributed by atoms with Gasteiger partial charge in [0.15, 0.2) is 0 Å². The molecule has 0 radical (unpaired) electrons. The number of nitrogens with one attached hydrogen (secondary N) is 3. The number of piperidine rings is 2. The molecule has 4 fully saturated rings. The van der Waals surface area contributed by atoms with E-state index in [-0.39, 0.29) is 29.9 Å². The van der Waals surface area contributed by atoms with Crippen LogP contribution in [-0.2, 0) is 14.3 Å². The fraction of sp³-hybridized carbons (Fsp3) is 0.439. The van der Waals surface area contributed by atoms with Crippen LogP contribution in [0.1, 0.15) is 83.0 Å². The highest BCUT2D eigenvalue weighted by Gasteiger charge is 2.61. The highest BCUT2D eigenvalue weighted by molar-refractivity contribution is 6.05. The Kier molecular flexibility index (Phi) is 7.86. The SMILES string of the molecule is CCCC(=O)N1[C@@H]2CC[C@@H](C2)[C@H]1c1ncc(-c2ccc(-c3ccc4c(ccc5[nH]c([C@@H]6C[C@H]7[C@@H](C)[C@H]7N6C(=O)[C@H](C)NC(=O)OC)nc54)c3)cc2)[nH]1. The Balaban J connectivity index is 0.946. The second-order valence-corrected chi connectivity index (χ2v) is 15.4. The number of amides is 3. The minimum absolute atomic E-state index is 0.0495. The van der Waals surface area contributed by atoms with Crippen LogP contribution < -0.4 is 5.32 Å². The van der Waals surface area contributed by atoms with Gasteiger partial charge in [-0.1, -0.05) is 56.3 Å². The van der Waals surface area contributed by atoms with Crippen molar-refractivity contribution in [1.82, 2.24) is 35.1 Å². The maximum absolute atomic E-state index is 13.6. The van der Waals surface area contributed by atoms with Crippen molar-refractivity contribution in [2.75, 3.05) is 7.11 Å². The molecule has 0 spiro atoms. The van der Waals surface area contributed by atoms with E-state index in [1.54, 1.807) is 6.92 Å². The number of ether oxygens (including phenoxy) is 1. The number of alkyl carbamates (subject to hydrolysis) is 1. The zero-order chi connectivity index (χ0) is 35.8. The molecule has 3 aromatic carbocycles. The topological polar surface area (TPSA) is 136 Å². The standard InChI is InChI=1S/C41H45N7O4/c1-5-6-34(49)47-28-14-11-27(18-28)37(47)39-42-20-32(45-39)24-9-7-23(8-10-24)25-12-15-29-26(17-25)13-16-31-35(29)46-38(44-31)33-19-30-21(2)36(30)48(33)40(50)22(3)43-41(51)52-4/h7-10,12-13,15-17,20-22,27-28,30,33,36-37H,5-6,11,14,18-19H2,1-4H3,(H,42,45)(H,43,51)(H,44,46)/t21-,22+,27+,28-,30+,33+,36-,37+/m1/s1. The molecule has 52 heavy (non-hydrogen) atoms. The molecule has 2 saturated heterocycles. The van der Waals surface area contributed by atoms with E-state index in [1.165, 1.54) is 7.11 Å². The molecule has 8 atom stereocenters. The number of methoxy groups -OCH3 is 1. The molecule has 9 rings (SSSR count). The molecule has 2 aromatic heterocycles. The maximum atomic E-state index is 13.6. The van der Waals surface area contributed by atoms with Crippen LogP contribution in [0.5, 0.6) is 0 Å². The van der Waals surface area contributed by atoms with Gasteiger partial charge in [0.25, 0.3) is 0 Å². The van der Waals surface area contributed by atoms with Gasteiger partial charge in [0.05, 0.1) is 42.1 Å². The van der Waals surface area contributed by atoms with E-state index in [0.29, 0.717) is 30.2 Å². The Morgan fingerprint density at radius 1 is 0.962 bits per heavy atom. The van der Waals surface area contributed by atoms with Crippen molar-refractivity contribution in [3.63, 3.8) is 0 Å². The van der Waals surface area contributed by atoms with E-state index in [9.17, 15) is 14.4 Å². The number of aromatic nitrogens is 4. The van der Waals surface area contributed by atoms with Crippen LogP contribution in [0.25, 0.3) is 44.2 Å². The molecular formula is C41H45N7O4. The number of nitrogens with zero attached hydrogens (tertiary/aromatic N) is 4. The molecule has 5 aromatic rings. The number of benzene rings is 3. The second-order valence-electron chi connectivity index (χ2n) is 15.4. The smallest absolute Gasteiger partial charge is 0.407 e. The largest absolute Gasteiger partial charge is 0.453 e. The molecule has 4 aliphatic rings. The molecule has 2 aliphatic heterocycles. The van der Waals surface area contributed by atoms with Crippen LogP contribution in [0.2, 0.25) is 0 Å². The first kappa shape index (κ1) is 32.7. The van der Waals surface area contributed by atoms with Gasteiger partial charge in [-0.05, 0) is 91.0 Å². The van der Waals surface area contributed by atoms with Gasteiger partial charge in [0.2, 0.25) is 11.8 Å². The predicted molar refractivity (Wildman–Crippen MR) is 198 cm³/mol. The first-order valence-corrected chi connectivity index (χ1v) is 18.8. The quantitative estimate of drug-likeness (QED) is 0.156. The number of aromatic amines is 2. The summed E-state index contributed by atoms with van der Waals surface area (Å²) in [5.41, 5.74) is 6.07. The molecule has 268 valence electrons. The number of hydrogen-bond donors (Lipinski definition) is 3. The molecule has 3 amide bonds. The lowest BCUT2D eigenvalue weighted by Gasteiger charge is -2.34. The average Bonchev–Trinajstić information content (AvgIpc) is 3.87. The van der Waals surface area contributed by atoms with Gasteiger partial charge < -0.3 is 29.8 Å². The lowest BCUT2D eigenvalue weighted by atomic mass is 9.97. The van der Waals surface area contributed by atoms with E-state index in [2.05, 4.69) is 88.6 Å². The number of rotatable bonds is 8. The summed E-state index contributed by atoms with van der Waals surface area (Å²) in [5.74, 6) is 3.17. The van der Waals surface area contributed by atoms with Crippen molar-refractivity contribution in [3.8, 4) is 22.4 Å². The summed E-state index contributed by atoms with van der Waals surface area (Å²) >= 11 is 0. The highest BCUT2D eigenvalue weighted by Crippen LogP contribution is 2.57. The van der Waals surface area contributed by atoms with E-state index in [1.807, 2.05) is 11.1 Å². The number of H-pyrrole nitrogens is 2. The molecule has 2 aliphatic carbocycles. The molecule has 11 nitrogen and oxygen atoms in total. The normalized spacial score (nSPS) is 26.6. The molecule has 2 saturated carbocycles. The van der Waals surface area contributed by atoms with Crippen LogP contribution in [0, 0.1) is 17.8 Å². The Morgan fingerprint density at radius 2 is 1.75 bits per heavy atom. The van der Waals surface area contributed by atoms with E-state index in [4.69, 9.17) is 14.7 Å². The Labute approximate surface area is 302 Å². The summed E-state index contributed by atoms with van der Waals surface area (Å²) < 4.78 is 4.73. The van der Waals surface area contributed by atoms with Crippen molar-refractivity contribution in [1.29, 1.82) is 0 Å². The van der Waals surface area contributed by atoms with Crippen LogP contribution in [0.15, 0.2) is 60.8 Å². The summed E-state index contributed by atoms with van der Waals surface area (Å²) in [7, 11) is 1.30. The van der Waals surface area contributed by atoms with Crippen LogP contribution in [0.3, 0.4) is 0 Å². The van der Waals surface area contributed by atoms with Gasteiger partial charge in [-0.15, -0.1) is 0 Å². The molecule has 11 heteroatoms. The third kappa shape index (κ3) is 5.26. The summed E-state index contributed by atoms with van der Waals surface area (Å²) in [6, 6.07) is 18.9.